The number of aromatic hydroxyl groups is 1. The molecule has 0 aliphatic rings. The van der Waals surface area contributed by atoms with Gasteiger partial charge in [-0.05, 0) is 49.2 Å². The second-order valence-electron chi connectivity index (χ2n) is 4.55. The third kappa shape index (κ3) is 2.01. The zero-order valence-corrected chi connectivity index (χ0v) is 10.8. The molecule has 94 valence electrons. The molecule has 0 unspecified atom stereocenters. The molecule has 1 N–H and O–H groups in total. The molecule has 1 aromatic carbocycles. The van der Waals surface area contributed by atoms with E-state index in [4.69, 9.17) is 0 Å². The summed E-state index contributed by atoms with van der Waals surface area (Å²) < 4.78 is 0. The summed E-state index contributed by atoms with van der Waals surface area (Å²) in [5.74, 6) is 0.337. The Morgan fingerprint density at radius 2 is 1.63 bits per heavy atom. The van der Waals surface area contributed by atoms with E-state index in [9.17, 15) is 5.11 Å². The summed E-state index contributed by atoms with van der Waals surface area (Å²) in [5.41, 5.74) is 4.90. The molecule has 0 aliphatic carbocycles. The van der Waals surface area contributed by atoms with Crippen LogP contribution in [0.25, 0.3) is 22.4 Å². The van der Waals surface area contributed by atoms with E-state index in [1.165, 1.54) is 0 Å². The molecule has 2 aromatic heterocycles. The summed E-state index contributed by atoms with van der Waals surface area (Å²) in [6.45, 7) is 3.76. The van der Waals surface area contributed by atoms with Crippen LogP contribution in [0.3, 0.4) is 0 Å². The molecule has 4 nitrogen and oxygen atoms in total. The lowest BCUT2D eigenvalue weighted by atomic mass is 10.0. The van der Waals surface area contributed by atoms with Crippen molar-refractivity contribution in [1.29, 1.82) is 0 Å². The fourth-order valence-corrected chi connectivity index (χ4v) is 2.12. The maximum atomic E-state index is 9.81. The van der Waals surface area contributed by atoms with Crippen molar-refractivity contribution in [3.63, 3.8) is 0 Å². The standard InChI is InChI=1S/C15H13N3O/c1-9-7-11(8-10(2)14(9)19)12-3-4-13-15(18-12)17-6-5-16-13/h3-8,19H,1-2H3. The molecule has 0 fully saturated rings. The first-order chi connectivity index (χ1) is 9.15. The zero-order chi connectivity index (χ0) is 13.4. The Kier molecular flexibility index (Phi) is 2.63. The Morgan fingerprint density at radius 3 is 2.37 bits per heavy atom. The number of aromatic nitrogens is 3. The lowest BCUT2D eigenvalue weighted by Gasteiger charge is -2.08. The van der Waals surface area contributed by atoms with Gasteiger partial charge in [0.05, 0.1) is 5.69 Å². The third-order valence-electron chi connectivity index (χ3n) is 3.12. The summed E-state index contributed by atoms with van der Waals surface area (Å²) in [7, 11) is 0. The van der Waals surface area contributed by atoms with E-state index in [1.807, 2.05) is 38.1 Å². The number of aryl methyl sites for hydroxylation is 2. The van der Waals surface area contributed by atoms with E-state index >= 15 is 0 Å². The van der Waals surface area contributed by atoms with E-state index in [1.54, 1.807) is 12.4 Å². The predicted molar refractivity (Wildman–Crippen MR) is 73.9 cm³/mol. The fourth-order valence-electron chi connectivity index (χ4n) is 2.12. The highest BCUT2D eigenvalue weighted by atomic mass is 16.3. The fraction of sp³-hybridized carbons (Fsp3) is 0.133. The van der Waals surface area contributed by atoms with Crippen LogP contribution >= 0.6 is 0 Å². The molecular weight excluding hydrogens is 238 g/mol. The van der Waals surface area contributed by atoms with Crippen molar-refractivity contribution >= 4 is 11.2 Å². The molecule has 0 bridgehead atoms. The summed E-state index contributed by atoms with van der Waals surface area (Å²) >= 11 is 0. The second-order valence-corrected chi connectivity index (χ2v) is 4.55. The van der Waals surface area contributed by atoms with Crippen molar-refractivity contribution < 1.29 is 5.11 Å². The normalized spacial score (nSPS) is 10.8. The first-order valence-corrected chi connectivity index (χ1v) is 6.03. The summed E-state index contributed by atoms with van der Waals surface area (Å²) in [4.78, 5) is 12.9. The Bertz CT molecular complexity index is 745. The van der Waals surface area contributed by atoms with Crippen molar-refractivity contribution in [3.05, 3.63) is 47.8 Å². The van der Waals surface area contributed by atoms with Gasteiger partial charge < -0.3 is 5.11 Å². The molecule has 3 aromatic rings. The monoisotopic (exact) mass is 251 g/mol. The van der Waals surface area contributed by atoms with E-state index in [0.29, 0.717) is 11.4 Å². The third-order valence-corrected chi connectivity index (χ3v) is 3.12. The lowest BCUT2D eigenvalue weighted by Crippen LogP contribution is -1.91. The van der Waals surface area contributed by atoms with Crippen LogP contribution in [0, 0.1) is 13.8 Å². The Balaban J connectivity index is 2.19. The topological polar surface area (TPSA) is 58.9 Å². The molecule has 4 heteroatoms. The molecule has 0 aliphatic heterocycles. The van der Waals surface area contributed by atoms with Gasteiger partial charge in [0.1, 0.15) is 11.3 Å². The van der Waals surface area contributed by atoms with Crippen molar-refractivity contribution in [2.24, 2.45) is 0 Å². The van der Waals surface area contributed by atoms with Crippen molar-refractivity contribution in [2.75, 3.05) is 0 Å². The number of phenolic OH excluding ortho intramolecular Hbond substituents is 1. The van der Waals surface area contributed by atoms with E-state index in [2.05, 4.69) is 15.0 Å². The maximum absolute atomic E-state index is 9.81. The first-order valence-electron chi connectivity index (χ1n) is 6.03. The number of rotatable bonds is 1. The summed E-state index contributed by atoms with van der Waals surface area (Å²) in [6.07, 6.45) is 3.28. The highest BCUT2D eigenvalue weighted by molar-refractivity contribution is 5.75. The summed E-state index contributed by atoms with van der Waals surface area (Å²) in [5, 5.41) is 9.81. The van der Waals surface area contributed by atoms with E-state index in [0.717, 1.165) is 27.9 Å². The molecule has 0 spiro atoms. The average Bonchev–Trinajstić information content (AvgIpc) is 2.43. The van der Waals surface area contributed by atoms with E-state index in [-0.39, 0.29) is 0 Å². The van der Waals surface area contributed by atoms with Crippen LogP contribution in [0.5, 0.6) is 5.75 Å². The summed E-state index contributed by atoms with van der Waals surface area (Å²) in [6, 6.07) is 7.67. The van der Waals surface area contributed by atoms with Gasteiger partial charge in [0.15, 0.2) is 5.65 Å². The van der Waals surface area contributed by atoms with Crippen molar-refractivity contribution in [2.45, 2.75) is 13.8 Å². The Hall–Kier alpha value is -2.49. The minimum Gasteiger partial charge on any atom is -0.507 e. The number of hydrogen-bond donors (Lipinski definition) is 1. The number of benzene rings is 1. The minimum absolute atomic E-state index is 0.337. The SMILES string of the molecule is Cc1cc(-c2ccc3nccnc3n2)cc(C)c1O. The largest absolute Gasteiger partial charge is 0.507 e. The van der Waals surface area contributed by atoms with Crippen LogP contribution in [-0.2, 0) is 0 Å². The molecule has 0 atom stereocenters. The molecule has 2 heterocycles. The highest BCUT2D eigenvalue weighted by Crippen LogP contribution is 2.28. The number of pyridine rings is 1. The van der Waals surface area contributed by atoms with Crippen molar-refractivity contribution in [3.8, 4) is 17.0 Å². The molecule has 19 heavy (non-hydrogen) atoms. The lowest BCUT2D eigenvalue weighted by molar-refractivity contribution is 0.467. The smallest absolute Gasteiger partial charge is 0.178 e. The number of fused-ring (bicyclic) bond motifs is 1. The van der Waals surface area contributed by atoms with Gasteiger partial charge in [-0.1, -0.05) is 0 Å². The van der Waals surface area contributed by atoms with Gasteiger partial charge in [-0.3, -0.25) is 4.98 Å². The van der Waals surface area contributed by atoms with Gasteiger partial charge in [-0.2, -0.15) is 0 Å². The van der Waals surface area contributed by atoms with Crippen LogP contribution in [0.1, 0.15) is 11.1 Å². The number of phenols is 1. The second kappa shape index (κ2) is 4.31. The molecule has 0 saturated heterocycles. The maximum Gasteiger partial charge on any atom is 0.178 e. The van der Waals surface area contributed by atoms with Crippen LogP contribution < -0.4 is 0 Å². The molecule has 0 amide bonds. The molecular formula is C15H13N3O. The first kappa shape index (κ1) is 11.6. The van der Waals surface area contributed by atoms with Gasteiger partial charge in [0.25, 0.3) is 0 Å². The molecule has 0 radical (unpaired) electrons. The zero-order valence-electron chi connectivity index (χ0n) is 10.8. The van der Waals surface area contributed by atoms with Crippen LogP contribution in [0.4, 0.5) is 0 Å². The number of hydrogen-bond acceptors (Lipinski definition) is 4. The highest BCUT2D eigenvalue weighted by Gasteiger charge is 2.07. The van der Waals surface area contributed by atoms with Crippen LogP contribution in [0.15, 0.2) is 36.7 Å². The van der Waals surface area contributed by atoms with Crippen LogP contribution in [0.2, 0.25) is 0 Å². The Labute approximate surface area is 110 Å². The van der Waals surface area contributed by atoms with E-state index < -0.39 is 0 Å². The quantitative estimate of drug-likeness (QED) is 0.722. The van der Waals surface area contributed by atoms with Gasteiger partial charge in [0, 0.05) is 18.0 Å². The van der Waals surface area contributed by atoms with Crippen LogP contribution in [-0.4, -0.2) is 20.1 Å². The molecule has 3 rings (SSSR count). The van der Waals surface area contributed by atoms with Gasteiger partial charge in [-0.25, -0.2) is 9.97 Å². The van der Waals surface area contributed by atoms with Gasteiger partial charge >= 0.3 is 0 Å². The van der Waals surface area contributed by atoms with Gasteiger partial charge in [-0.15, -0.1) is 0 Å². The van der Waals surface area contributed by atoms with Crippen molar-refractivity contribution in [1.82, 2.24) is 15.0 Å². The predicted octanol–water partition coefficient (Wildman–Crippen LogP) is 3.01. The van der Waals surface area contributed by atoms with Gasteiger partial charge in [0.2, 0.25) is 0 Å². The number of nitrogens with zero attached hydrogens (tertiary/aromatic N) is 3. The molecule has 0 saturated carbocycles. The Morgan fingerprint density at radius 1 is 0.947 bits per heavy atom. The minimum atomic E-state index is 0.337. The average molecular weight is 251 g/mol.